The summed E-state index contributed by atoms with van der Waals surface area (Å²) in [6.45, 7) is 3.41. The molecule has 0 bridgehead atoms. The monoisotopic (exact) mass is 336 g/mol. The minimum Gasteiger partial charge on any atom is -0.393 e. The quantitative estimate of drug-likeness (QED) is 0.845. The Labute approximate surface area is 147 Å². The first-order valence-corrected chi connectivity index (χ1v) is 10.2. The maximum atomic E-state index is 10.2. The van der Waals surface area contributed by atoms with E-state index in [1.807, 2.05) is 14.2 Å². The second kappa shape index (κ2) is 6.25. The van der Waals surface area contributed by atoms with E-state index >= 15 is 0 Å². The van der Waals surface area contributed by atoms with Crippen LogP contribution in [-0.4, -0.2) is 38.1 Å². The van der Waals surface area contributed by atoms with Crippen molar-refractivity contribution in [3.05, 3.63) is 0 Å². The summed E-state index contributed by atoms with van der Waals surface area (Å²) in [5.41, 5.74) is 0.731. The molecule has 0 aromatic rings. The molecular formula is C21H36O3. The van der Waals surface area contributed by atoms with Gasteiger partial charge in [-0.05, 0) is 92.3 Å². The van der Waals surface area contributed by atoms with Crippen molar-refractivity contribution in [2.24, 2.45) is 34.5 Å². The summed E-state index contributed by atoms with van der Waals surface area (Å²) in [7, 11) is 3.79. The molecule has 0 aromatic heterocycles. The fourth-order valence-electron chi connectivity index (χ4n) is 7.92. The van der Waals surface area contributed by atoms with Gasteiger partial charge in [0.15, 0.2) is 0 Å². The van der Waals surface area contributed by atoms with Crippen LogP contribution in [0.15, 0.2) is 0 Å². The SMILES string of the molecule is COC[C@]12CC[C@@H](O)C[C@@H]1CC[C@H]1[C@@H]3CC[C@H](OC)[C@@]3(C)CC[C@@H]12. The third-order valence-electron chi connectivity index (χ3n) is 8.95. The van der Waals surface area contributed by atoms with E-state index in [0.29, 0.717) is 22.9 Å². The van der Waals surface area contributed by atoms with Gasteiger partial charge in [-0.15, -0.1) is 0 Å². The molecule has 4 rings (SSSR count). The van der Waals surface area contributed by atoms with Gasteiger partial charge in [-0.1, -0.05) is 6.92 Å². The second-order valence-electron chi connectivity index (χ2n) is 9.59. The van der Waals surface area contributed by atoms with Crippen molar-refractivity contribution >= 4 is 0 Å². The average molecular weight is 337 g/mol. The Morgan fingerprint density at radius 1 is 0.958 bits per heavy atom. The largest absolute Gasteiger partial charge is 0.393 e. The molecule has 0 unspecified atom stereocenters. The summed E-state index contributed by atoms with van der Waals surface area (Å²) in [6.07, 6.45) is 11.5. The van der Waals surface area contributed by atoms with Crippen LogP contribution in [0.4, 0.5) is 0 Å². The zero-order valence-electron chi connectivity index (χ0n) is 15.8. The van der Waals surface area contributed by atoms with Crippen molar-refractivity contribution in [1.29, 1.82) is 0 Å². The van der Waals surface area contributed by atoms with Crippen LogP contribution in [0, 0.1) is 34.5 Å². The summed E-state index contributed by atoms with van der Waals surface area (Å²) < 4.78 is 11.7. The molecule has 3 heteroatoms. The van der Waals surface area contributed by atoms with Gasteiger partial charge in [0.05, 0.1) is 18.8 Å². The Balaban J connectivity index is 1.64. The Hall–Kier alpha value is -0.120. The molecule has 0 saturated heterocycles. The molecule has 1 N–H and O–H groups in total. The van der Waals surface area contributed by atoms with Crippen LogP contribution in [-0.2, 0) is 9.47 Å². The highest BCUT2D eigenvalue weighted by atomic mass is 16.5. The molecule has 0 heterocycles. The first-order chi connectivity index (χ1) is 11.5. The average Bonchev–Trinajstić information content (AvgIpc) is 2.92. The van der Waals surface area contributed by atoms with E-state index in [-0.39, 0.29) is 6.10 Å². The van der Waals surface area contributed by atoms with Crippen molar-refractivity contribution in [3.8, 4) is 0 Å². The second-order valence-corrected chi connectivity index (χ2v) is 9.59. The van der Waals surface area contributed by atoms with Crippen LogP contribution in [0.3, 0.4) is 0 Å². The lowest BCUT2D eigenvalue weighted by atomic mass is 9.44. The predicted octanol–water partition coefficient (Wildman–Crippen LogP) is 4.03. The number of methoxy groups -OCH3 is 2. The van der Waals surface area contributed by atoms with Gasteiger partial charge in [0.2, 0.25) is 0 Å². The first kappa shape index (κ1) is 17.3. The summed E-state index contributed by atoms with van der Waals surface area (Å²) in [4.78, 5) is 0. The first-order valence-electron chi connectivity index (χ1n) is 10.2. The summed E-state index contributed by atoms with van der Waals surface area (Å²) in [5.74, 6) is 3.16. The Kier molecular flexibility index (Phi) is 4.50. The van der Waals surface area contributed by atoms with Crippen LogP contribution < -0.4 is 0 Å². The van der Waals surface area contributed by atoms with Crippen molar-refractivity contribution in [2.75, 3.05) is 20.8 Å². The molecule has 3 nitrogen and oxygen atoms in total. The van der Waals surface area contributed by atoms with E-state index in [9.17, 15) is 5.11 Å². The van der Waals surface area contributed by atoms with Gasteiger partial charge in [0.25, 0.3) is 0 Å². The zero-order valence-corrected chi connectivity index (χ0v) is 15.8. The van der Waals surface area contributed by atoms with Crippen molar-refractivity contribution in [1.82, 2.24) is 0 Å². The molecule has 0 radical (unpaired) electrons. The summed E-state index contributed by atoms with van der Waals surface area (Å²) >= 11 is 0. The molecule has 0 amide bonds. The van der Waals surface area contributed by atoms with Crippen LogP contribution in [0.5, 0.6) is 0 Å². The normalized spacial score (nSPS) is 54.0. The molecule has 24 heavy (non-hydrogen) atoms. The van der Waals surface area contributed by atoms with E-state index in [2.05, 4.69) is 6.92 Å². The lowest BCUT2D eigenvalue weighted by Crippen LogP contribution is -2.57. The lowest BCUT2D eigenvalue weighted by Gasteiger charge is -2.61. The standard InChI is InChI=1S/C21H36O3/c1-20-10-9-18-16(17(20)6-7-19(20)24-3)5-4-14-12-15(22)8-11-21(14,18)13-23-2/h14-19,22H,4-13H2,1-3H3/t14-,15+,16-,17-,18-,19-,20-,21+/m0/s1. The van der Waals surface area contributed by atoms with Crippen LogP contribution in [0.2, 0.25) is 0 Å². The van der Waals surface area contributed by atoms with Crippen LogP contribution in [0.1, 0.15) is 64.7 Å². The highest BCUT2D eigenvalue weighted by Crippen LogP contribution is 2.66. The summed E-state index contributed by atoms with van der Waals surface area (Å²) in [5, 5.41) is 10.2. The molecule has 8 atom stereocenters. The number of rotatable bonds is 3. The van der Waals surface area contributed by atoms with Crippen molar-refractivity contribution in [2.45, 2.75) is 76.9 Å². The van der Waals surface area contributed by atoms with Crippen LogP contribution >= 0.6 is 0 Å². The fraction of sp³-hybridized carbons (Fsp3) is 1.00. The number of ether oxygens (including phenoxy) is 2. The predicted molar refractivity (Wildman–Crippen MR) is 94.7 cm³/mol. The summed E-state index contributed by atoms with van der Waals surface area (Å²) in [6, 6.07) is 0. The molecule has 4 aliphatic carbocycles. The maximum Gasteiger partial charge on any atom is 0.0627 e. The number of aliphatic hydroxyl groups is 1. The lowest BCUT2D eigenvalue weighted by molar-refractivity contribution is -0.164. The fourth-order valence-corrected chi connectivity index (χ4v) is 7.92. The molecule has 0 spiro atoms. The van der Waals surface area contributed by atoms with Gasteiger partial charge in [-0.25, -0.2) is 0 Å². The van der Waals surface area contributed by atoms with Crippen molar-refractivity contribution < 1.29 is 14.6 Å². The maximum absolute atomic E-state index is 10.2. The number of aliphatic hydroxyl groups excluding tert-OH is 1. The van der Waals surface area contributed by atoms with Gasteiger partial charge < -0.3 is 14.6 Å². The molecule has 4 fully saturated rings. The highest BCUT2D eigenvalue weighted by molar-refractivity contribution is 5.10. The Bertz CT molecular complexity index is 466. The van der Waals surface area contributed by atoms with Crippen molar-refractivity contribution in [3.63, 3.8) is 0 Å². The van der Waals surface area contributed by atoms with E-state index in [0.717, 1.165) is 37.2 Å². The van der Waals surface area contributed by atoms with Gasteiger partial charge in [0, 0.05) is 14.2 Å². The molecule has 0 aromatic carbocycles. The smallest absolute Gasteiger partial charge is 0.0627 e. The molecule has 4 aliphatic rings. The number of fused-ring (bicyclic) bond motifs is 5. The zero-order chi connectivity index (χ0) is 16.9. The highest BCUT2D eigenvalue weighted by Gasteiger charge is 2.61. The van der Waals surface area contributed by atoms with Gasteiger partial charge in [-0.3, -0.25) is 0 Å². The Morgan fingerprint density at radius 3 is 2.54 bits per heavy atom. The Morgan fingerprint density at radius 2 is 1.79 bits per heavy atom. The van der Waals surface area contributed by atoms with E-state index in [4.69, 9.17) is 9.47 Å². The third kappa shape index (κ3) is 2.34. The molecule has 138 valence electrons. The van der Waals surface area contributed by atoms with Gasteiger partial charge in [0.1, 0.15) is 0 Å². The minimum atomic E-state index is -0.0743. The van der Waals surface area contributed by atoms with Crippen LogP contribution in [0.25, 0.3) is 0 Å². The van der Waals surface area contributed by atoms with Gasteiger partial charge >= 0.3 is 0 Å². The minimum absolute atomic E-state index is 0.0743. The van der Waals surface area contributed by atoms with Gasteiger partial charge in [-0.2, -0.15) is 0 Å². The number of hydrogen-bond donors (Lipinski definition) is 1. The van der Waals surface area contributed by atoms with E-state index < -0.39 is 0 Å². The molecule has 4 saturated carbocycles. The topological polar surface area (TPSA) is 38.7 Å². The third-order valence-corrected chi connectivity index (χ3v) is 8.95. The van der Waals surface area contributed by atoms with E-state index in [1.165, 1.54) is 44.9 Å². The number of hydrogen-bond acceptors (Lipinski definition) is 3. The van der Waals surface area contributed by atoms with E-state index in [1.54, 1.807) is 0 Å². The molecular weight excluding hydrogens is 300 g/mol. The molecule has 0 aliphatic heterocycles.